The number of hydrogen-bond donors (Lipinski definition) is 1. The van der Waals surface area contributed by atoms with E-state index in [2.05, 4.69) is 18.4 Å². The Kier molecular flexibility index (Phi) is 4.18. The maximum Gasteiger partial charge on any atom is 0.341 e. The van der Waals surface area contributed by atoms with Gasteiger partial charge in [-0.25, -0.2) is 4.79 Å². The lowest BCUT2D eigenvalue weighted by Crippen LogP contribution is -2.30. The lowest BCUT2D eigenvalue weighted by atomic mass is 9.99. The summed E-state index contributed by atoms with van der Waals surface area (Å²) in [6.07, 6.45) is 1.48. The highest BCUT2D eigenvalue weighted by Crippen LogP contribution is 2.43. The summed E-state index contributed by atoms with van der Waals surface area (Å²) in [6, 6.07) is 7.26. The van der Waals surface area contributed by atoms with E-state index in [1.165, 1.54) is 12.3 Å². The van der Waals surface area contributed by atoms with Gasteiger partial charge in [-0.2, -0.15) is 0 Å². The summed E-state index contributed by atoms with van der Waals surface area (Å²) in [6.45, 7) is 4.85. The second-order valence-corrected chi connectivity index (χ2v) is 7.33. The van der Waals surface area contributed by atoms with Gasteiger partial charge in [0.05, 0.1) is 37.2 Å². The van der Waals surface area contributed by atoms with Crippen LogP contribution in [0.4, 0.5) is 0 Å². The van der Waals surface area contributed by atoms with Crippen molar-refractivity contribution in [2.45, 2.75) is 26.4 Å². The van der Waals surface area contributed by atoms with Crippen molar-refractivity contribution in [3.05, 3.63) is 46.2 Å². The number of benzene rings is 1. The van der Waals surface area contributed by atoms with E-state index in [-0.39, 0.29) is 17.5 Å². The molecule has 0 spiro atoms. The molecular weight excluding hydrogens is 360 g/mol. The minimum Gasteiger partial charge on any atom is -0.493 e. The maximum atomic E-state index is 12.4. The number of fused-ring (bicyclic) bond motifs is 5. The predicted molar refractivity (Wildman–Crippen MR) is 106 cm³/mol. The highest BCUT2D eigenvalue weighted by Gasteiger charge is 2.30. The Balaban J connectivity index is 2.06. The number of nitrogens with zero attached hydrogens (tertiary/aromatic N) is 2. The Hall–Kier alpha value is -3.22. The molecule has 0 amide bonds. The van der Waals surface area contributed by atoms with Gasteiger partial charge in [0.15, 0.2) is 16.9 Å². The third kappa shape index (κ3) is 2.50. The van der Waals surface area contributed by atoms with Gasteiger partial charge in [0.2, 0.25) is 0 Å². The van der Waals surface area contributed by atoms with E-state index in [1.54, 1.807) is 14.2 Å². The topological polar surface area (TPSA) is 82.7 Å². The molecule has 0 saturated heterocycles. The van der Waals surface area contributed by atoms with Crippen molar-refractivity contribution in [3.8, 4) is 22.9 Å². The summed E-state index contributed by atoms with van der Waals surface area (Å²) in [5.41, 5.74) is 1.84. The zero-order chi connectivity index (χ0) is 20.2. The summed E-state index contributed by atoms with van der Waals surface area (Å²) >= 11 is 0. The minimum atomic E-state index is -1.21. The number of carboxylic acid groups (broad SMARTS) is 1. The Morgan fingerprint density at radius 1 is 1.18 bits per heavy atom. The van der Waals surface area contributed by atoms with Crippen LogP contribution < -0.4 is 14.9 Å². The summed E-state index contributed by atoms with van der Waals surface area (Å²) in [7, 11) is 3.19. The van der Waals surface area contributed by atoms with Crippen molar-refractivity contribution < 1.29 is 19.4 Å². The smallest absolute Gasteiger partial charge is 0.341 e. The molecule has 1 atom stereocenters. The SMILES string of the molecule is COc1ccc2c(cc3n2CC(C(C)C)n2cc(C(=O)O)c(=O)cc2-3)c1OC. The summed E-state index contributed by atoms with van der Waals surface area (Å²) < 4.78 is 15.1. The Morgan fingerprint density at radius 2 is 1.93 bits per heavy atom. The van der Waals surface area contributed by atoms with Crippen molar-refractivity contribution in [1.29, 1.82) is 0 Å². The quantitative estimate of drug-likeness (QED) is 0.748. The molecule has 28 heavy (non-hydrogen) atoms. The number of aromatic nitrogens is 2. The molecule has 1 aliphatic heterocycles. The van der Waals surface area contributed by atoms with Crippen LogP contribution in [0.15, 0.2) is 35.3 Å². The molecule has 2 aromatic heterocycles. The first kappa shape index (κ1) is 18.2. The van der Waals surface area contributed by atoms with Crippen molar-refractivity contribution in [2.75, 3.05) is 14.2 Å². The molecule has 146 valence electrons. The fraction of sp³-hybridized carbons (Fsp3) is 0.333. The monoisotopic (exact) mass is 382 g/mol. The molecule has 3 heterocycles. The van der Waals surface area contributed by atoms with Crippen LogP contribution >= 0.6 is 0 Å². The van der Waals surface area contributed by atoms with Gasteiger partial charge in [0, 0.05) is 24.2 Å². The molecule has 7 heteroatoms. The third-order valence-electron chi connectivity index (χ3n) is 5.49. The molecule has 0 bridgehead atoms. The van der Waals surface area contributed by atoms with Crippen LogP contribution in [0.25, 0.3) is 22.3 Å². The lowest BCUT2D eigenvalue weighted by molar-refractivity contribution is 0.0694. The maximum absolute atomic E-state index is 12.4. The van der Waals surface area contributed by atoms with Gasteiger partial charge in [-0.05, 0) is 24.1 Å². The van der Waals surface area contributed by atoms with Crippen molar-refractivity contribution in [3.63, 3.8) is 0 Å². The summed E-state index contributed by atoms with van der Waals surface area (Å²) in [4.78, 5) is 23.9. The van der Waals surface area contributed by atoms with Gasteiger partial charge in [-0.1, -0.05) is 13.8 Å². The first-order valence-corrected chi connectivity index (χ1v) is 9.11. The number of hydrogen-bond acceptors (Lipinski definition) is 4. The Morgan fingerprint density at radius 3 is 2.54 bits per heavy atom. The van der Waals surface area contributed by atoms with E-state index < -0.39 is 11.4 Å². The van der Waals surface area contributed by atoms with Gasteiger partial charge in [-0.15, -0.1) is 0 Å². The fourth-order valence-electron chi connectivity index (χ4n) is 4.07. The third-order valence-corrected chi connectivity index (χ3v) is 5.49. The molecule has 3 aromatic rings. The average molecular weight is 382 g/mol. The van der Waals surface area contributed by atoms with Crippen molar-refractivity contribution in [1.82, 2.24) is 9.13 Å². The van der Waals surface area contributed by atoms with Crippen LogP contribution in [-0.2, 0) is 6.54 Å². The largest absolute Gasteiger partial charge is 0.493 e. The molecule has 7 nitrogen and oxygen atoms in total. The lowest BCUT2D eigenvalue weighted by Gasteiger charge is -2.33. The highest BCUT2D eigenvalue weighted by molar-refractivity contribution is 5.94. The van der Waals surface area contributed by atoms with Crippen LogP contribution in [0.3, 0.4) is 0 Å². The van der Waals surface area contributed by atoms with Crippen LogP contribution in [0.1, 0.15) is 30.2 Å². The molecular formula is C21H22N2O5. The number of carbonyl (C=O) groups is 1. The predicted octanol–water partition coefficient (Wildman–Crippen LogP) is 3.40. The molecule has 0 aliphatic carbocycles. The van der Waals surface area contributed by atoms with Gasteiger partial charge >= 0.3 is 5.97 Å². The Bertz CT molecular complexity index is 1160. The normalized spacial score (nSPS) is 15.4. The van der Waals surface area contributed by atoms with Crippen molar-refractivity contribution >= 4 is 16.9 Å². The molecule has 1 aromatic carbocycles. The standard InChI is InChI=1S/C21H22N2O5/c1-11(2)17-10-23-14-5-6-19(27-3)20(28-4)12(14)7-15(23)16-8-18(24)13(21(25)26)9-22(16)17/h5-9,11,17H,10H2,1-4H3,(H,25,26). The van der Waals surface area contributed by atoms with Gasteiger partial charge < -0.3 is 23.7 Å². The minimum absolute atomic E-state index is 0.0184. The van der Waals surface area contributed by atoms with E-state index in [0.717, 1.165) is 16.6 Å². The van der Waals surface area contributed by atoms with E-state index >= 15 is 0 Å². The van der Waals surface area contributed by atoms with E-state index in [1.807, 2.05) is 22.8 Å². The van der Waals surface area contributed by atoms with Gasteiger partial charge in [0.25, 0.3) is 0 Å². The number of aromatic carboxylic acids is 1. The number of pyridine rings is 1. The molecule has 0 saturated carbocycles. The van der Waals surface area contributed by atoms with Gasteiger partial charge in [0.1, 0.15) is 5.56 Å². The first-order chi connectivity index (χ1) is 13.4. The van der Waals surface area contributed by atoms with E-state index in [0.29, 0.717) is 23.7 Å². The van der Waals surface area contributed by atoms with Crippen LogP contribution in [0.5, 0.6) is 11.5 Å². The molecule has 1 N–H and O–H groups in total. The van der Waals surface area contributed by atoms with Crippen LogP contribution in [-0.4, -0.2) is 34.4 Å². The van der Waals surface area contributed by atoms with Gasteiger partial charge in [-0.3, -0.25) is 4.79 Å². The van der Waals surface area contributed by atoms with Crippen LogP contribution in [0, 0.1) is 5.92 Å². The average Bonchev–Trinajstić information content (AvgIpc) is 3.04. The zero-order valence-electron chi connectivity index (χ0n) is 16.2. The molecule has 0 radical (unpaired) electrons. The van der Waals surface area contributed by atoms with E-state index in [4.69, 9.17) is 9.47 Å². The molecule has 1 aliphatic rings. The molecule has 0 fully saturated rings. The number of carboxylic acids is 1. The molecule has 1 unspecified atom stereocenters. The highest BCUT2D eigenvalue weighted by atomic mass is 16.5. The summed E-state index contributed by atoms with van der Waals surface area (Å²) in [5.74, 6) is 0.310. The van der Waals surface area contributed by atoms with Crippen molar-refractivity contribution in [2.24, 2.45) is 5.92 Å². The van der Waals surface area contributed by atoms with Crippen LogP contribution in [0.2, 0.25) is 0 Å². The zero-order valence-corrected chi connectivity index (χ0v) is 16.2. The Labute approximate surface area is 161 Å². The fourth-order valence-corrected chi connectivity index (χ4v) is 4.07. The molecule has 4 rings (SSSR count). The second-order valence-electron chi connectivity index (χ2n) is 7.33. The number of rotatable bonds is 4. The summed E-state index contributed by atoms with van der Waals surface area (Å²) in [5, 5.41) is 10.3. The number of methoxy groups -OCH3 is 2. The number of ether oxygens (including phenoxy) is 2. The second kappa shape index (κ2) is 6.44. The van der Waals surface area contributed by atoms with E-state index in [9.17, 15) is 14.7 Å². The first-order valence-electron chi connectivity index (χ1n) is 9.11.